The number of ether oxygens (including phenoxy) is 1. The van der Waals surface area contributed by atoms with Gasteiger partial charge in [-0.05, 0) is 25.1 Å². The maximum atomic E-state index is 12.6. The first-order valence-corrected chi connectivity index (χ1v) is 8.71. The van der Waals surface area contributed by atoms with Crippen molar-refractivity contribution in [2.45, 2.75) is 13.0 Å². The predicted octanol–water partition coefficient (Wildman–Crippen LogP) is 2.71. The molecule has 1 atom stereocenters. The van der Waals surface area contributed by atoms with E-state index in [1.807, 2.05) is 13.0 Å². The Morgan fingerprint density at radius 3 is 3.07 bits per heavy atom. The number of hydrogen-bond donors (Lipinski definition) is 2. The van der Waals surface area contributed by atoms with E-state index in [2.05, 4.69) is 25.3 Å². The minimum atomic E-state index is -0.237. The van der Waals surface area contributed by atoms with Crippen LogP contribution in [0, 0.1) is 0 Å². The molecule has 0 aliphatic rings. The van der Waals surface area contributed by atoms with Crippen LogP contribution >= 0.6 is 11.6 Å². The molecule has 4 rings (SSSR count). The van der Waals surface area contributed by atoms with E-state index in [9.17, 15) is 4.79 Å². The number of nitrogens with one attached hydrogen (secondary N) is 2. The molecule has 27 heavy (non-hydrogen) atoms. The summed E-state index contributed by atoms with van der Waals surface area (Å²) in [5.41, 5.74) is 3.06. The number of H-pyrrole nitrogens is 1. The molecule has 0 spiro atoms. The first-order chi connectivity index (χ1) is 13.1. The monoisotopic (exact) mass is 384 g/mol. The van der Waals surface area contributed by atoms with Crippen LogP contribution in [0.4, 0.5) is 0 Å². The number of aromatic amines is 1. The Morgan fingerprint density at radius 2 is 2.26 bits per heavy atom. The third kappa shape index (κ3) is 3.24. The maximum Gasteiger partial charge on any atom is 0.255 e. The van der Waals surface area contributed by atoms with Crippen molar-refractivity contribution in [2.24, 2.45) is 0 Å². The van der Waals surface area contributed by atoms with Crippen molar-refractivity contribution in [1.82, 2.24) is 29.8 Å². The Labute approximate surface area is 159 Å². The lowest BCUT2D eigenvalue weighted by molar-refractivity contribution is 0.0907. The van der Waals surface area contributed by atoms with Crippen molar-refractivity contribution in [1.29, 1.82) is 0 Å². The summed E-state index contributed by atoms with van der Waals surface area (Å²) in [6, 6.07) is 5.32. The SMILES string of the molecule is COCC(C)NC(=O)c1c[nH]c2ncc(-n3cnc4cc(Cl)ccc43)nc12. The lowest BCUT2D eigenvalue weighted by Crippen LogP contribution is -2.35. The van der Waals surface area contributed by atoms with Crippen LogP contribution in [-0.4, -0.2) is 50.2 Å². The highest BCUT2D eigenvalue weighted by atomic mass is 35.5. The number of aromatic nitrogens is 5. The van der Waals surface area contributed by atoms with E-state index in [4.69, 9.17) is 16.3 Å². The number of imidazole rings is 1. The number of benzene rings is 1. The Hall–Kier alpha value is -2.97. The first-order valence-electron chi connectivity index (χ1n) is 8.33. The zero-order chi connectivity index (χ0) is 19.0. The molecule has 138 valence electrons. The smallest absolute Gasteiger partial charge is 0.255 e. The normalized spacial score (nSPS) is 12.6. The molecule has 1 unspecified atom stereocenters. The van der Waals surface area contributed by atoms with Gasteiger partial charge >= 0.3 is 0 Å². The van der Waals surface area contributed by atoms with Crippen molar-refractivity contribution in [3.63, 3.8) is 0 Å². The fourth-order valence-electron chi connectivity index (χ4n) is 2.93. The van der Waals surface area contributed by atoms with E-state index in [-0.39, 0.29) is 11.9 Å². The molecule has 0 saturated heterocycles. The van der Waals surface area contributed by atoms with Crippen LogP contribution < -0.4 is 5.32 Å². The zero-order valence-electron chi connectivity index (χ0n) is 14.7. The van der Waals surface area contributed by atoms with Crippen LogP contribution in [0.2, 0.25) is 5.02 Å². The highest BCUT2D eigenvalue weighted by Gasteiger charge is 2.17. The van der Waals surface area contributed by atoms with Gasteiger partial charge in [0.2, 0.25) is 0 Å². The highest BCUT2D eigenvalue weighted by Crippen LogP contribution is 2.22. The van der Waals surface area contributed by atoms with E-state index < -0.39 is 0 Å². The molecule has 2 N–H and O–H groups in total. The summed E-state index contributed by atoms with van der Waals surface area (Å²) in [7, 11) is 1.59. The summed E-state index contributed by atoms with van der Waals surface area (Å²) >= 11 is 6.02. The van der Waals surface area contributed by atoms with Gasteiger partial charge in [0.1, 0.15) is 11.8 Å². The van der Waals surface area contributed by atoms with Crippen LogP contribution in [0.5, 0.6) is 0 Å². The van der Waals surface area contributed by atoms with Crippen molar-refractivity contribution in [3.8, 4) is 5.82 Å². The third-order valence-corrected chi connectivity index (χ3v) is 4.40. The minimum absolute atomic E-state index is 0.120. The molecule has 0 aliphatic heterocycles. The van der Waals surface area contributed by atoms with E-state index in [0.29, 0.717) is 34.2 Å². The van der Waals surface area contributed by atoms with E-state index in [1.54, 1.807) is 42.5 Å². The third-order valence-electron chi connectivity index (χ3n) is 4.16. The molecule has 0 fully saturated rings. The van der Waals surface area contributed by atoms with Gasteiger partial charge in [-0.15, -0.1) is 0 Å². The Kier molecular flexibility index (Phi) is 4.51. The molecule has 9 heteroatoms. The summed E-state index contributed by atoms with van der Waals surface area (Å²) in [6.45, 7) is 2.30. The lowest BCUT2D eigenvalue weighted by Gasteiger charge is -2.12. The van der Waals surface area contributed by atoms with E-state index >= 15 is 0 Å². The fraction of sp³-hybridized carbons (Fsp3) is 0.222. The molecular weight excluding hydrogens is 368 g/mol. The number of methoxy groups -OCH3 is 1. The van der Waals surface area contributed by atoms with Gasteiger partial charge in [0.15, 0.2) is 11.5 Å². The van der Waals surface area contributed by atoms with Crippen LogP contribution in [-0.2, 0) is 4.74 Å². The number of halogens is 1. The number of fused-ring (bicyclic) bond motifs is 2. The van der Waals surface area contributed by atoms with Crippen LogP contribution in [0.1, 0.15) is 17.3 Å². The number of amides is 1. The molecule has 4 aromatic rings. The Bertz CT molecular complexity index is 1140. The number of carbonyl (C=O) groups excluding carboxylic acids is 1. The van der Waals surface area contributed by atoms with Gasteiger partial charge in [-0.3, -0.25) is 9.36 Å². The average Bonchev–Trinajstić information content (AvgIpc) is 3.24. The Morgan fingerprint density at radius 1 is 1.41 bits per heavy atom. The van der Waals surface area contributed by atoms with E-state index in [0.717, 1.165) is 11.0 Å². The number of carbonyl (C=O) groups is 1. The van der Waals surface area contributed by atoms with Gasteiger partial charge in [-0.1, -0.05) is 11.6 Å². The number of nitrogens with zero attached hydrogens (tertiary/aromatic N) is 4. The van der Waals surface area contributed by atoms with Crippen molar-refractivity contribution >= 4 is 39.7 Å². The van der Waals surface area contributed by atoms with Crippen molar-refractivity contribution < 1.29 is 9.53 Å². The van der Waals surface area contributed by atoms with Crippen LogP contribution in [0.3, 0.4) is 0 Å². The van der Waals surface area contributed by atoms with Gasteiger partial charge in [0.05, 0.1) is 29.4 Å². The van der Waals surface area contributed by atoms with Gasteiger partial charge < -0.3 is 15.0 Å². The van der Waals surface area contributed by atoms with Crippen LogP contribution in [0.15, 0.2) is 36.9 Å². The van der Waals surface area contributed by atoms with Gasteiger partial charge in [0.25, 0.3) is 5.91 Å². The second-order valence-corrected chi connectivity index (χ2v) is 6.64. The molecular formula is C18H17ClN6O2. The lowest BCUT2D eigenvalue weighted by atomic mass is 10.2. The first kappa shape index (κ1) is 17.4. The number of hydrogen-bond acceptors (Lipinski definition) is 5. The molecule has 0 aliphatic carbocycles. The summed E-state index contributed by atoms with van der Waals surface area (Å²) < 4.78 is 6.86. The molecule has 0 saturated carbocycles. The average molecular weight is 385 g/mol. The molecule has 3 heterocycles. The minimum Gasteiger partial charge on any atom is -0.383 e. The summed E-state index contributed by atoms with van der Waals surface area (Å²) in [5, 5.41) is 3.49. The van der Waals surface area contributed by atoms with Gasteiger partial charge in [-0.2, -0.15) is 0 Å². The van der Waals surface area contributed by atoms with Crippen LogP contribution in [0.25, 0.3) is 28.0 Å². The largest absolute Gasteiger partial charge is 0.383 e. The second kappa shape index (κ2) is 6.98. The maximum absolute atomic E-state index is 12.6. The molecule has 0 bridgehead atoms. The van der Waals surface area contributed by atoms with E-state index in [1.165, 1.54) is 0 Å². The van der Waals surface area contributed by atoms with Crippen molar-refractivity contribution in [3.05, 3.63) is 47.5 Å². The molecule has 8 nitrogen and oxygen atoms in total. The molecule has 1 aromatic carbocycles. The number of rotatable bonds is 5. The summed E-state index contributed by atoms with van der Waals surface area (Å²) in [5.74, 6) is 0.324. The zero-order valence-corrected chi connectivity index (χ0v) is 15.5. The molecule has 1 amide bonds. The standard InChI is InChI=1S/C18H17ClN6O2/c1-10(8-27-2)23-18(26)12-6-20-17-16(12)24-15(7-21-17)25-9-22-13-5-11(19)3-4-14(13)25/h3-7,9-10H,8H2,1-2H3,(H,20,21)(H,23,26). The summed E-state index contributed by atoms with van der Waals surface area (Å²) in [4.78, 5) is 28.9. The topological polar surface area (TPSA) is 97.7 Å². The summed E-state index contributed by atoms with van der Waals surface area (Å²) in [6.07, 6.45) is 4.89. The highest BCUT2D eigenvalue weighted by molar-refractivity contribution is 6.31. The van der Waals surface area contributed by atoms with Gasteiger partial charge in [-0.25, -0.2) is 15.0 Å². The fourth-order valence-corrected chi connectivity index (χ4v) is 3.10. The molecule has 3 aromatic heterocycles. The quantitative estimate of drug-likeness (QED) is 0.551. The Balaban J connectivity index is 1.74. The predicted molar refractivity (Wildman–Crippen MR) is 102 cm³/mol. The van der Waals surface area contributed by atoms with Crippen molar-refractivity contribution in [2.75, 3.05) is 13.7 Å². The molecule has 0 radical (unpaired) electrons. The van der Waals surface area contributed by atoms with Gasteiger partial charge in [0, 0.05) is 24.4 Å². The second-order valence-electron chi connectivity index (χ2n) is 6.21.